The summed E-state index contributed by atoms with van der Waals surface area (Å²) in [6.45, 7) is -3.14. The Balaban J connectivity index is 3.37. The zero-order valence-electron chi connectivity index (χ0n) is 9.15. The predicted octanol–water partition coefficient (Wildman–Crippen LogP) is 1.76. The van der Waals surface area contributed by atoms with Crippen LogP contribution in [0.3, 0.4) is 0 Å². The highest BCUT2D eigenvalue weighted by Crippen LogP contribution is 2.24. The van der Waals surface area contributed by atoms with Crippen molar-refractivity contribution < 1.29 is 27.8 Å². The summed E-state index contributed by atoms with van der Waals surface area (Å²) >= 11 is 0. The van der Waals surface area contributed by atoms with E-state index in [9.17, 15) is 18.4 Å². The van der Waals surface area contributed by atoms with Gasteiger partial charge in [-0.3, -0.25) is 4.79 Å². The van der Waals surface area contributed by atoms with E-state index in [-0.39, 0.29) is 23.0 Å². The van der Waals surface area contributed by atoms with Gasteiger partial charge in [-0.2, -0.15) is 14.0 Å². The fourth-order valence-electron chi connectivity index (χ4n) is 1.26. The number of alkyl halides is 2. The minimum Gasteiger partial charge on any atom is -0.465 e. The largest absolute Gasteiger partial charge is 0.465 e. The van der Waals surface area contributed by atoms with Gasteiger partial charge in [0.05, 0.1) is 23.8 Å². The van der Waals surface area contributed by atoms with Gasteiger partial charge in [0.15, 0.2) is 6.29 Å². The number of carbonyl (C=O) groups is 2. The highest BCUT2D eigenvalue weighted by molar-refractivity contribution is 5.95. The smallest absolute Gasteiger partial charge is 0.387 e. The number of methoxy groups -OCH3 is 1. The summed E-state index contributed by atoms with van der Waals surface area (Å²) in [6.07, 6.45) is 0.241. The average Bonchev–Trinajstić information content (AvgIpc) is 2.36. The van der Waals surface area contributed by atoms with Crippen LogP contribution < -0.4 is 4.74 Å². The van der Waals surface area contributed by atoms with E-state index in [1.165, 1.54) is 0 Å². The van der Waals surface area contributed by atoms with E-state index in [0.29, 0.717) is 0 Å². The molecule has 0 aliphatic heterocycles. The number of rotatable bonds is 4. The van der Waals surface area contributed by atoms with Gasteiger partial charge < -0.3 is 9.47 Å². The molecule has 94 valence electrons. The summed E-state index contributed by atoms with van der Waals surface area (Å²) in [4.78, 5) is 22.0. The summed E-state index contributed by atoms with van der Waals surface area (Å²) in [5, 5.41) is 8.80. The van der Waals surface area contributed by atoms with E-state index in [4.69, 9.17) is 5.26 Å². The number of nitrogens with zero attached hydrogens (tertiary/aromatic N) is 1. The molecule has 0 unspecified atom stereocenters. The highest BCUT2D eigenvalue weighted by Gasteiger charge is 2.18. The lowest BCUT2D eigenvalue weighted by molar-refractivity contribution is -0.0500. The van der Waals surface area contributed by atoms with Crippen molar-refractivity contribution in [3.63, 3.8) is 0 Å². The van der Waals surface area contributed by atoms with E-state index in [2.05, 4.69) is 9.47 Å². The van der Waals surface area contributed by atoms with E-state index in [1.807, 2.05) is 0 Å². The molecule has 0 fully saturated rings. The van der Waals surface area contributed by atoms with E-state index < -0.39 is 18.3 Å². The van der Waals surface area contributed by atoms with E-state index >= 15 is 0 Å². The molecule has 0 aliphatic carbocycles. The lowest BCUT2D eigenvalue weighted by Gasteiger charge is -2.09. The Hall–Kier alpha value is -2.49. The third-order valence-electron chi connectivity index (χ3n) is 2.02. The van der Waals surface area contributed by atoms with Crippen LogP contribution in [-0.4, -0.2) is 26.0 Å². The van der Waals surface area contributed by atoms with Gasteiger partial charge in [-0.25, -0.2) is 4.79 Å². The molecule has 1 aromatic rings. The van der Waals surface area contributed by atoms with Gasteiger partial charge in [-0.05, 0) is 12.1 Å². The van der Waals surface area contributed by atoms with Crippen molar-refractivity contribution in [1.82, 2.24) is 0 Å². The molecule has 0 saturated heterocycles. The zero-order valence-corrected chi connectivity index (χ0v) is 9.15. The normalized spacial score (nSPS) is 9.72. The molecule has 18 heavy (non-hydrogen) atoms. The Kier molecular flexibility index (Phi) is 4.32. The number of hydrogen-bond acceptors (Lipinski definition) is 5. The Labute approximate surface area is 101 Å². The van der Waals surface area contributed by atoms with Crippen molar-refractivity contribution in [2.24, 2.45) is 0 Å². The monoisotopic (exact) mass is 255 g/mol. The van der Waals surface area contributed by atoms with Gasteiger partial charge in [0.25, 0.3) is 0 Å². The second-order valence-electron chi connectivity index (χ2n) is 3.04. The van der Waals surface area contributed by atoms with Crippen LogP contribution in [0, 0.1) is 11.3 Å². The first-order valence-electron chi connectivity index (χ1n) is 4.60. The Morgan fingerprint density at radius 2 is 2.17 bits per heavy atom. The van der Waals surface area contributed by atoms with Crippen LogP contribution in [0.15, 0.2) is 12.1 Å². The highest BCUT2D eigenvalue weighted by atomic mass is 19.3. The second kappa shape index (κ2) is 5.72. The third-order valence-corrected chi connectivity index (χ3v) is 2.02. The topological polar surface area (TPSA) is 76.4 Å². The maximum Gasteiger partial charge on any atom is 0.387 e. The first kappa shape index (κ1) is 13.6. The summed E-state index contributed by atoms with van der Waals surface area (Å²) in [5.41, 5.74) is -0.679. The van der Waals surface area contributed by atoms with Crippen molar-refractivity contribution in [2.75, 3.05) is 7.11 Å². The molecule has 0 amide bonds. The number of carbonyl (C=O) groups excluding carboxylic acids is 2. The lowest BCUT2D eigenvalue weighted by Crippen LogP contribution is -2.09. The molecular weight excluding hydrogens is 248 g/mol. The van der Waals surface area contributed by atoms with Crippen molar-refractivity contribution in [1.29, 1.82) is 5.26 Å². The lowest BCUT2D eigenvalue weighted by atomic mass is 10.0. The number of esters is 1. The third kappa shape index (κ3) is 2.79. The average molecular weight is 255 g/mol. The zero-order chi connectivity index (χ0) is 13.7. The van der Waals surface area contributed by atoms with Gasteiger partial charge in [0, 0.05) is 0 Å². The maximum absolute atomic E-state index is 12.1. The predicted molar refractivity (Wildman–Crippen MR) is 54.5 cm³/mol. The molecule has 1 rings (SSSR count). The molecule has 0 spiro atoms. The first-order chi connectivity index (χ1) is 8.53. The van der Waals surface area contributed by atoms with Gasteiger partial charge in [0.1, 0.15) is 11.8 Å². The Morgan fingerprint density at radius 1 is 1.50 bits per heavy atom. The van der Waals surface area contributed by atoms with E-state index in [0.717, 1.165) is 19.2 Å². The van der Waals surface area contributed by atoms with E-state index in [1.54, 1.807) is 6.07 Å². The van der Waals surface area contributed by atoms with Gasteiger partial charge in [-0.1, -0.05) is 0 Å². The number of aldehydes is 1. The molecule has 1 aromatic carbocycles. The molecule has 0 N–H and O–H groups in total. The van der Waals surface area contributed by atoms with Crippen LogP contribution in [0.4, 0.5) is 8.78 Å². The van der Waals surface area contributed by atoms with Crippen LogP contribution in [-0.2, 0) is 4.74 Å². The summed E-state index contributed by atoms with van der Waals surface area (Å²) < 4.78 is 32.7. The Bertz CT molecular complexity index is 523. The van der Waals surface area contributed by atoms with Gasteiger partial charge in [-0.15, -0.1) is 0 Å². The fourth-order valence-corrected chi connectivity index (χ4v) is 1.26. The molecule has 0 atom stereocenters. The number of ether oxygens (including phenoxy) is 2. The van der Waals surface area contributed by atoms with Crippen LogP contribution in [0.5, 0.6) is 5.75 Å². The molecule has 0 aliphatic rings. The van der Waals surface area contributed by atoms with Crippen LogP contribution in [0.25, 0.3) is 0 Å². The summed E-state index contributed by atoms with van der Waals surface area (Å²) in [5.74, 6) is -1.32. The van der Waals surface area contributed by atoms with Gasteiger partial charge in [0.2, 0.25) is 0 Å². The van der Waals surface area contributed by atoms with Crippen molar-refractivity contribution in [3.8, 4) is 11.8 Å². The van der Waals surface area contributed by atoms with Crippen molar-refractivity contribution >= 4 is 12.3 Å². The van der Waals surface area contributed by atoms with Gasteiger partial charge >= 0.3 is 12.6 Å². The fraction of sp³-hybridized carbons (Fsp3) is 0.182. The number of benzene rings is 1. The number of halogens is 2. The van der Waals surface area contributed by atoms with Crippen molar-refractivity contribution in [3.05, 3.63) is 28.8 Å². The maximum atomic E-state index is 12.1. The molecular formula is C11H7F2NO4. The molecule has 7 heteroatoms. The number of hydrogen-bond donors (Lipinski definition) is 0. The van der Waals surface area contributed by atoms with Crippen molar-refractivity contribution in [2.45, 2.75) is 6.61 Å². The van der Waals surface area contributed by atoms with Crippen LogP contribution >= 0.6 is 0 Å². The second-order valence-corrected chi connectivity index (χ2v) is 3.04. The molecule has 0 radical (unpaired) electrons. The molecule has 0 aromatic heterocycles. The number of nitriles is 1. The summed E-state index contributed by atoms with van der Waals surface area (Å²) in [7, 11) is 1.09. The SMILES string of the molecule is COC(=O)c1cc(C=O)c(OC(F)F)cc1C#N. The summed E-state index contributed by atoms with van der Waals surface area (Å²) in [6, 6.07) is 3.49. The molecule has 5 nitrogen and oxygen atoms in total. The Morgan fingerprint density at radius 3 is 2.61 bits per heavy atom. The quantitative estimate of drug-likeness (QED) is 0.605. The van der Waals surface area contributed by atoms with Crippen LogP contribution in [0.1, 0.15) is 26.3 Å². The van der Waals surface area contributed by atoms with Crippen LogP contribution in [0.2, 0.25) is 0 Å². The minimum atomic E-state index is -3.14. The molecule has 0 saturated carbocycles. The molecule has 0 bridgehead atoms. The first-order valence-corrected chi connectivity index (χ1v) is 4.60. The standard InChI is InChI=1S/C11H7F2NO4/c1-17-10(16)8-2-7(5-15)9(18-11(12)13)3-6(8)4-14/h2-3,5,11H,1H3. The minimum absolute atomic E-state index is 0.191. The molecule has 0 heterocycles.